The molecule has 7 nitrogen and oxygen atoms in total. The molecule has 1 aromatic carbocycles. The van der Waals surface area contributed by atoms with Gasteiger partial charge in [0, 0.05) is 13.1 Å². The van der Waals surface area contributed by atoms with E-state index in [9.17, 15) is 8.42 Å². The van der Waals surface area contributed by atoms with Crippen molar-refractivity contribution < 1.29 is 13.2 Å². The average molecular weight is 357 g/mol. The van der Waals surface area contributed by atoms with Gasteiger partial charge < -0.3 is 10.1 Å². The zero-order valence-electron chi connectivity index (χ0n) is 12.7. The van der Waals surface area contributed by atoms with Crippen molar-refractivity contribution in [2.24, 2.45) is 0 Å². The van der Waals surface area contributed by atoms with E-state index in [1.807, 2.05) is 13.0 Å². The summed E-state index contributed by atoms with van der Waals surface area (Å²) in [6, 6.07) is 7.89. The van der Waals surface area contributed by atoms with Gasteiger partial charge in [0.2, 0.25) is 10.0 Å². The first-order chi connectivity index (χ1) is 10.9. The maximum atomic E-state index is 12.2. The van der Waals surface area contributed by atoms with E-state index in [1.54, 1.807) is 6.07 Å². The molecular weight excluding hydrogens is 340 g/mol. The standard InChI is InChI=1S/C14H17ClN4O3S/c1-10-3-6-14(19-18-10)16-7-8-17-23(20,21)11-4-5-13(22-2)12(15)9-11/h3-6,9,17H,7-8H2,1-2H3,(H,16,19). The number of methoxy groups -OCH3 is 1. The fourth-order valence-electron chi connectivity index (χ4n) is 1.77. The summed E-state index contributed by atoms with van der Waals surface area (Å²) in [5.74, 6) is 1.01. The van der Waals surface area contributed by atoms with Crippen molar-refractivity contribution >= 4 is 27.4 Å². The van der Waals surface area contributed by atoms with Crippen LogP contribution in [0.3, 0.4) is 0 Å². The fraction of sp³-hybridized carbons (Fsp3) is 0.286. The molecule has 1 heterocycles. The molecule has 0 saturated carbocycles. The average Bonchev–Trinajstić information content (AvgIpc) is 2.53. The van der Waals surface area contributed by atoms with E-state index < -0.39 is 10.0 Å². The largest absolute Gasteiger partial charge is 0.495 e. The van der Waals surface area contributed by atoms with Crippen molar-refractivity contribution in [2.75, 3.05) is 25.5 Å². The van der Waals surface area contributed by atoms with Gasteiger partial charge in [-0.3, -0.25) is 0 Å². The topological polar surface area (TPSA) is 93.2 Å². The molecule has 1 aromatic heterocycles. The van der Waals surface area contributed by atoms with E-state index >= 15 is 0 Å². The number of sulfonamides is 1. The molecular formula is C14H17ClN4O3S. The first-order valence-corrected chi connectivity index (χ1v) is 8.66. The third kappa shape index (κ3) is 4.78. The minimum atomic E-state index is -3.63. The first kappa shape index (κ1) is 17.5. The lowest BCUT2D eigenvalue weighted by atomic mass is 10.3. The third-order valence-corrected chi connectivity index (χ3v) is 4.71. The minimum Gasteiger partial charge on any atom is -0.495 e. The van der Waals surface area contributed by atoms with Gasteiger partial charge in [-0.1, -0.05) is 11.6 Å². The van der Waals surface area contributed by atoms with Crippen LogP contribution in [0, 0.1) is 6.92 Å². The monoisotopic (exact) mass is 356 g/mol. The number of anilines is 1. The highest BCUT2D eigenvalue weighted by molar-refractivity contribution is 7.89. The second-order valence-corrected chi connectivity index (χ2v) is 6.86. The molecule has 23 heavy (non-hydrogen) atoms. The number of rotatable bonds is 7. The predicted molar refractivity (Wildman–Crippen MR) is 88.5 cm³/mol. The summed E-state index contributed by atoms with van der Waals surface area (Å²) in [6.45, 7) is 2.41. The Hall–Kier alpha value is -1.90. The highest BCUT2D eigenvalue weighted by Gasteiger charge is 2.15. The van der Waals surface area contributed by atoms with E-state index in [2.05, 4.69) is 20.2 Å². The Kier molecular flexibility index (Phi) is 5.75. The lowest BCUT2D eigenvalue weighted by molar-refractivity contribution is 0.414. The quantitative estimate of drug-likeness (QED) is 0.735. The summed E-state index contributed by atoms with van der Waals surface area (Å²) in [5, 5.41) is 11.1. The molecule has 0 bridgehead atoms. The number of aryl methyl sites for hydroxylation is 1. The van der Waals surface area contributed by atoms with Crippen LogP contribution in [0.5, 0.6) is 5.75 Å². The van der Waals surface area contributed by atoms with Crippen molar-refractivity contribution in [1.29, 1.82) is 0 Å². The van der Waals surface area contributed by atoms with Gasteiger partial charge in [0.05, 0.1) is 22.7 Å². The Morgan fingerprint density at radius 3 is 2.57 bits per heavy atom. The third-order valence-electron chi connectivity index (χ3n) is 2.95. The van der Waals surface area contributed by atoms with Crippen LogP contribution >= 0.6 is 11.6 Å². The number of halogens is 1. The van der Waals surface area contributed by atoms with Crippen molar-refractivity contribution in [3.8, 4) is 5.75 Å². The summed E-state index contributed by atoms with van der Waals surface area (Å²) >= 11 is 5.94. The van der Waals surface area contributed by atoms with Gasteiger partial charge in [0.1, 0.15) is 11.6 Å². The van der Waals surface area contributed by atoms with Crippen LogP contribution in [-0.2, 0) is 10.0 Å². The van der Waals surface area contributed by atoms with Gasteiger partial charge in [0.25, 0.3) is 0 Å². The molecule has 0 atom stereocenters. The molecule has 0 amide bonds. The van der Waals surface area contributed by atoms with Crippen LogP contribution in [0.1, 0.15) is 5.69 Å². The molecule has 0 aliphatic carbocycles. The lowest BCUT2D eigenvalue weighted by Gasteiger charge is -2.09. The van der Waals surface area contributed by atoms with Crippen LogP contribution in [0.4, 0.5) is 5.82 Å². The molecule has 0 unspecified atom stereocenters. The number of aromatic nitrogens is 2. The van der Waals surface area contributed by atoms with E-state index in [4.69, 9.17) is 16.3 Å². The van der Waals surface area contributed by atoms with Crippen LogP contribution in [-0.4, -0.2) is 38.8 Å². The number of ether oxygens (including phenoxy) is 1. The number of benzene rings is 1. The molecule has 2 rings (SSSR count). The molecule has 2 N–H and O–H groups in total. The molecule has 124 valence electrons. The SMILES string of the molecule is COc1ccc(S(=O)(=O)NCCNc2ccc(C)nn2)cc1Cl. The molecule has 2 aromatic rings. The number of hydrogen-bond acceptors (Lipinski definition) is 6. The Labute approximate surface area is 140 Å². The van der Waals surface area contributed by atoms with Gasteiger partial charge in [-0.15, -0.1) is 5.10 Å². The Morgan fingerprint density at radius 1 is 1.17 bits per heavy atom. The van der Waals surface area contributed by atoms with Crippen LogP contribution in [0.2, 0.25) is 5.02 Å². The fourth-order valence-corrected chi connectivity index (χ4v) is 3.15. The smallest absolute Gasteiger partial charge is 0.240 e. The second kappa shape index (κ2) is 7.58. The minimum absolute atomic E-state index is 0.0819. The highest BCUT2D eigenvalue weighted by atomic mass is 35.5. The van der Waals surface area contributed by atoms with Crippen molar-refractivity contribution in [1.82, 2.24) is 14.9 Å². The Balaban J connectivity index is 1.91. The molecule has 0 fully saturated rings. The molecule has 9 heteroatoms. The zero-order chi connectivity index (χ0) is 16.9. The predicted octanol–water partition coefficient (Wildman–Crippen LogP) is 1.84. The molecule has 0 spiro atoms. The van der Waals surface area contributed by atoms with Gasteiger partial charge in [-0.25, -0.2) is 13.1 Å². The van der Waals surface area contributed by atoms with Crippen LogP contribution < -0.4 is 14.8 Å². The summed E-state index contributed by atoms with van der Waals surface area (Å²) in [5.41, 5.74) is 0.813. The van der Waals surface area contributed by atoms with Gasteiger partial charge in [-0.2, -0.15) is 5.10 Å². The molecule has 0 saturated heterocycles. The summed E-state index contributed by atoms with van der Waals surface area (Å²) < 4.78 is 31.8. The number of nitrogens with zero attached hydrogens (tertiary/aromatic N) is 2. The summed E-state index contributed by atoms with van der Waals surface area (Å²) in [6.07, 6.45) is 0. The van der Waals surface area contributed by atoms with Gasteiger partial charge in [0.15, 0.2) is 0 Å². The van der Waals surface area contributed by atoms with Gasteiger partial charge in [-0.05, 0) is 37.3 Å². The van der Waals surface area contributed by atoms with Crippen LogP contribution in [0.15, 0.2) is 35.2 Å². The van der Waals surface area contributed by atoms with Crippen LogP contribution in [0.25, 0.3) is 0 Å². The van der Waals surface area contributed by atoms with E-state index in [0.29, 0.717) is 18.1 Å². The molecule has 0 aliphatic heterocycles. The number of hydrogen-bond donors (Lipinski definition) is 2. The van der Waals surface area contributed by atoms with E-state index in [-0.39, 0.29) is 16.5 Å². The molecule has 0 radical (unpaired) electrons. The normalized spacial score (nSPS) is 11.3. The molecule has 0 aliphatic rings. The van der Waals surface area contributed by atoms with E-state index in [0.717, 1.165) is 5.69 Å². The van der Waals surface area contributed by atoms with Crippen molar-refractivity contribution in [3.05, 3.63) is 41.0 Å². The zero-order valence-corrected chi connectivity index (χ0v) is 14.3. The maximum Gasteiger partial charge on any atom is 0.240 e. The Bertz CT molecular complexity index is 766. The van der Waals surface area contributed by atoms with E-state index in [1.165, 1.54) is 25.3 Å². The summed E-state index contributed by atoms with van der Waals surface area (Å²) in [4.78, 5) is 0.0819. The van der Waals surface area contributed by atoms with Crippen molar-refractivity contribution in [3.63, 3.8) is 0 Å². The first-order valence-electron chi connectivity index (χ1n) is 6.80. The van der Waals surface area contributed by atoms with Gasteiger partial charge >= 0.3 is 0 Å². The second-order valence-electron chi connectivity index (χ2n) is 4.68. The van der Waals surface area contributed by atoms with Crippen molar-refractivity contribution in [2.45, 2.75) is 11.8 Å². The Morgan fingerprint density at radius 2 is 1.96 bits per heavy atom. The maximum absolute atomic E-state index is 12.2. The number of nitrogens with one attached hydrogen (secondary N) is 2. The summed E-state index contributed by atoms with van der Waals surface area (Å²) in [7, 11) is -2.17. The lowest BCUT2D eigenvalue weighted by Crippen LogP contribution is -2.29. The highest BCUT2D eigenvalue weighted by Crippen LogP contribution is 2.26.